The molecule has 1 aliphatic carbocycles. The molecule has 0 saturated heterocycles. The quantitative estimate of drug-likeness (QED) is 0.664. The predicted octanol–water partition coefficient (Wildman–Crippen LogP) is 3.39. The van der Waals surface area contributed by atoms with Gasteiger partial charge in [-0.25, -0.2) is 0 Å². The van der Waals surface area contributed by atoms with Gasteiger partial charge in [0.2, 0.25) is 11.6 Å². The fourth-order valence-corrected chi connectivity index (χ4v) is 2.39. The Morgan fingerprint density at radius 3 is 2.12 bits per heavy atom. The summed E-state index contributed by atoms with van der Waals surface area (Å²) in [6, 6.07) is 12.3. The minimum absolute atomic E-state index is 0.317. The zero-order valence-corrected chi connectivity index (χ0v) is 9.49. The first-order valence-corrected chi connectivity index (χ1v) is 5.55. The van der Waals surface area contributed by atoms with Crippen molar-refractivity contribution in [3.8, 4) is 11.1 Å². The van der Waals surface area contributed by atoms with E-state index < -0.39 is 11.6 Å². The van der Waals surface area contributed by atoms with Crippen LogP contribution in [0.5, 0.6) is 0 Å². The maximum absolute atomic E-state index is 12.0. The predicted molar refractivity (Wildman–Crippen MR) is 65.5 cm³/mol. The van der Waals surface area contributed by atoms with Crippen LogP contribution in [0.25, 0.3) is 11.1 Å². The molecule has 0 spiro atoms. The van der Waals surface area contributed by atoms with Gasteiger partial charge in [-0.05, 0) is 17.2 Å². The van der Waals surface area contributed by atoms with Gasteiger partial charge < -0.3 is 0 Å². The van der Waals surface area contributed by atoms with E-state index in [2.05, 4.69) is 0 Å². The molecule has 3 rings (SSSR count). The number of hydrogen-bond acceptors (Lipinski definition) is 2. The summed E-state index contributed by atoms with van der Waals surface area (Å²) >= 11 is 6.00. The van der Waals surface area contributed by atoms with Crippen molar-refractivity contribution in [2.24, 2.45) is 0 Å². The molecule has 2 aromatic carbocycles. The van der Waals surface area contributed by atoms with Crippen molar-refractivity contribution in [3.63, 3.8) is 0 Å². The second-order valence-electron chi connectivity index (χ2n) is 3.87. The highest BCUT2D eigenvalue weighted by atomic mass is 35.5. The Bertz CT molecular complexity index is 659. The minimum Gasteiger partial charge on any atom is -0.285 e. The molecule has 0 radical (unpaired) electrons. The highest BCUT2D eigenvalue weighted by Crippen LogP contribution is 2.36. The molecule has 1 aliphatic rings. The van der Waals surface area contributed by atoms with Gasteiger partial charge in [0, 0.05) is 5.56 Å². The van der Waals surface area contributed by atoms with Crippen molar-refractivity contribution in [2.75, 3.05) is 0 Å². The Morgan fingerprint density at radius 1 is 0.706 bits per heavy atom. The summed E-state index contributed by atoms with van der Waals surface area (Å²) in [5.41, 5.74) is 2.28. The van der Waals surface area contributed by atoms with Gasteiger partial charge in [-0.3, -0.25) is 9.59 Å². The summed E-state index contributed by atoms with van der Waals surface area (Å²) in [6.07, 6.45) is 0. The average Bonchev–Trinajstić information content (AvgIpc) is 2.36. The molecule has 2 aromatic rings. The molecule has 0 heterocycles. The van der Waals surface area contributed by atoms with E-state index in [4.69, 9.17) is 11.6 Å². The third-order valence-corrected chi connectivity index (χ3v) is 3.22. The van der Waals surface area contributed by atoms with Gasteiger partial charge in [0.1, 0.15) is 0 Å². The Kier molecular flexibility index (Phi) is 2.13. The Morgan fingerprint density at radius 2 is 1.35 bits per heavy atom. The van der Waals surface area contributed by atoms with Crippen LogP contribution in [0, 0.1) is 0 Å². The number of carbonyl (C=O) groups is 2. The van der Waals surface area contributed by atoms with Crippen molar-refractivity contribution >= 4 is 23.2 Å². The van der Waals surface area contributed by atoms with E-state index in [0.29, 0.717) is 16.1 Å². The van der Waals surface area contributed by atoms with Crippen molar-refractivity contribution in [2.45, 2.75) is 0 Å². The molecule has 0 fully saturated rings. The van der Waals surface area contributed by atoms with Crippen LogP contribution in [0.1, 0.15) is 20.7 Å². The van der Waals surface area contributed by atoms with Crippen LogP contribution in [0.4, 0.5) is 0 Å². The number of fused-ring (bicyclic) bond motifs is 3. The first kappa shape index (κ1) is 10.2. The van der Waals surface area contributed by atoms with Crippen LogP contribution in [-0.4, -0.2) is 11.6 Å². The normalized spacial score (nSPS) is 13.2. The molecule has 0 N–H and O–H groups in total. The number of carbonyl (C=O) groups excluding carboxylic acids is 2. The van der Waals surface area contributed by atoms with Crippen molar-refractivity contribution in [1.29, 1.82) is 0 Å². The molecule has 0 saturated carbocycles. The summed E-state index contributed by atoms with van der Waals surface area (Å²) in [6.45, 7) is 0. The van der Waals surface area contributed by atoms with Crippen molar-refractivity contribution in [1.82, 2.24) is 0 Å². The van der Waals surface area contributed by atoms with Gasteiger partial charge in [-0.1, -0.05) is 48.0 Å². The maximum Gasteiger partial charge on any atom is 0.235 e. The molecule has 0 atom stereocenters. The summed E-state index contributed by atoms with van der Waals surface area (Å²) in [4.78, 5) is 23.9. The molecular weight excluding hydrogens is 236 g/mol. The summed E-state index contributed by atoms with van der Waals surface area (Å²) in [5, 5.41) is 0.329. The summed E-state index contributed by atoms with van der Waals surface area (Å²) in [5.74, 6) is -1.01. The fraction of sp³-hybridized carbons (Fsp3) is 0. The number of rotatable bonds is 0. The van der Waals surface area contributed by atoms with Crippen LogP contribution in [-0.2, 0) is 0 Å². The lowest BCUT2D eigenvalue weighted by Crippen LogP contribution is -2.21. The SMILES string of the molecule is O=C1C(=O)c2c(Cl)cccc2-c2ccccc21. The molecule has 17 heavy (non-hydrogen) atoms. The van der Waals surface area contributed by atoms with Gasteiger partial charge in [0.25, 0.3) is 0 Å². The van der Waals surface area contributed by atoms with Crippen LogP contribution in [0.15, 0.2) is 42.5 Å². The van der Waals surface area contributed by atoms with Crippen LogP contribution >= 0.6 is 11.6 Å². The number of hydrogen-bond donors (Lipinski definition) is 0. The molecular formula is C14H7ClO2. The van der Waals surface area contributed by atoms with Gasteiger partial charge in [-0.2, -0.15) is 0 Å². The largest absolute Gasteiger partial charge is 0.285 e. The third kappa shape index (κ3) is 1.34. The lowest BCUT2D eigenvalue weighted by atomic mass is 9.84. The van der Waals surface area contributed by atoms with E-state index in [1.165, 1.54) is 0 Å². The monoisotopic (exact) mass is 242 g/mol. The standard InChI is InChI=1S/C14H7ClO2/c15-11-7-3-6-9-8-4-1-2-5-10(8)13(16)14(17)12(9)11/h1-7H. The molecule has 0 aromatic heterocycles. The molecule has 82 valence electrons. The van der Waals surface area contributed by atoms with E-state index in [0.717, 1.165) is 11.1 Å². The van der Waals surface area contributed by atoms with E-state index >= 15 is 0 Å². The van der Waals surface area contributed by atoms with E-state index in [-0.39, 0.29) is 0 Å². The van der Waals surface area contributed by atoms with Crippen molar-refractivity contribution in [3.05, 3.63) is 58.6 Å². The number of benzene rings is 2. The zero-order chi connectivity index (χ0) is 12.0. The second kappa shape index (κ2) is 3.54. The molecule has 0 aliphatic heterocycles. The Hall–Kier alpha value is -1.93. The van der Waals surface area contributed by atoms with Crippen LogP contribution in [0.2, 0.25) is 5.02 Å². The average molecular weight is 243 g/mol. The fourth-order valence-electron chi connectivity index (χ4n) is 2.13. The second-order valence-corrected chi connectivity index (χ2v) is 4.27. The van der Waals surface area contributed by atoms with Gasteiger partial charge in [0.05, 0.1) is 10.6 Å². The summed E-state index contributed by atoms with van der Waals surface area (Å²) < 4.78 is 0. The maximum atomic E-state index is 12.0. The summed E-state index contributed by atoms with van der Waals surface area (Å²) in [7, 11) is 0. The third-order valence-electron chi connectivity index (χ3n) is 2.91. The topological polar surface area (TPSA) is 34.1 Å². The lowest BCUT2D eigenvalue weighted by molar-refractivity contribution is 0.0815. The van der Waals surface area contributed by atoms with Crippen molar-refractivity contribution < 1.29 is 9.59 Å². The Labute approximate surface area is 103 Å². The van der Waals surface area contributed by atoms with Gasteiger partial charge in [-0.15, -0.1) is 0 Å². The van der Waals surface area contributed by atoms with E-state index in [9.17, 15) is 9.59 Å². The number of halogens is 1. The number of Topliss-reactive ketones (excluding diaryl/α,β-unsaturated/α-hetero) is 2. The molecule has 2 nitrogen and oxygen atoms in total. The first-order chi connectivity index (χ1) is 8.20. The Balaban J connectivity index is 2.44. The highest BCUT2D eigenvalue weighted by molar-refractivity contribution is 6.55. The first-order valence-electron chi connectivity index (χ1n) is 5.17. The van der Waals surface area contributed by atoms with Gasteiger partial charge in [0.15, 0.2) is 0 Å². The van der Waals surface area contributed by atoms with E-state index in [1.54, 1.807) is 24.3 Å². The highest BCUT2D eigenvalue weighted by Gasteiger charge is 2.31. The zero-order valence-electron chi connectivity index (χ0n) is 8.74. The van der Waals surface area contributed by atoms with E-state index in [1.807, 2.05) is 18.2 Å². The van der Waals surface area contributed by atoms with Gasteiger partial charge >= 0.3 is 0 Å². The van der Waals surface area contributed by atoms with Crippen LogP contribution < -0.4 is 0 Å². The molecule has 0 unspecified atom stereocenters. The molecule has 0 amide bonds. The smallest absolute Gasteiger partial charge is 0.235 e. The van der Waals surface area contributed by atoms with Crippen LogP contribution in [0.3, 0.4) is 0 Å². The number of ketones is 2. The molecule has 0 bridgehead atoms. The minimum atomic E-state index is -0.524. The molecule has 3 heteroatoms. The lowest BCUT2D eigenvalue weighted by Gasteiger charge is -2.18.